The number of ether oxygens (including phenoxy) is 1. The van der Waals surface area contributed by atoms with Crippen molar-refractivity contribution in [1.82, 2.24) is 36.5 Å². The molecule has 3 aromatic carbocycles. The number of rotatable bonds is 29. The topological polar surface area (TPSA) is 335 Å². The van der Waals surface area contributed by atoms with Crippen molar-refractivity contribution in [1.29, 1.82) is 0 Å². The predicted molar refractivity (Wildman–Crippen MR) is 272 cm³/mol. The Morgan fingerprint density at radius 2 is 1.32 bits per heavy atom. The van der Waals surface area contributed by atoms with Gasteiger partial charge in [0, 0.05) is 36.5 Å². The van der Waals surface area contributed by atoms with Gasteiger partial charge in [-0.05, 0) is 74.9 Å². The van der Waals surface area contributed by atoms with Crippen molar-refractivity contribution >= 4 is 68.8 Å². The van der Waals surface area contributed by atoms with Crippen LogP contribution in [0.25, 0.3) is 10.9 Å². The van der Waals surface area contributed by atoms with Crippen molar-refractivity contribution in [2.24, 2.45) is 5.73 Å². The first-order chi connectivity index (χ1) is 35.0. The summed E-state index contributed by atoms with van der Waals surface area (Å²) in [6.45, 7) is 7.81. The molecule has 5 atom stereocenters. The number of amides is 7. The smallest absolute Gasteiger partial charge is 0.446 e. The van der Waals surface area contributed by atoms with E-state index < -0.39 is 107 Å². The maximum absolute atomic E-state index is 14.5. The van der Waals surface area contributed by atoms with Gasteiger partial charge < -0.3 is 56.2 Å². The van der Waals surface area contributed by atoms with Crippen LogP contribution in [0.4, 0.5) is 4.79 Å². The highest BCUT2D eigenvalue weighted by Gasteiger charge is 2.36. The number of carbonyl (C=O) groups excluding carboxylic acids is 7. The summed E-state index contributed by atoms with van der Waals surface area (Å²) in [5.74, 6) is -6.57. The zero-order chi connectivity index (χ0) is 54.6. The van der Waals surface area contributed by atoms with Crippen LogP contribution in [0.5, 0.6) is 5.75 Å². The van der Waals surface area contributed by atoms with E-state index in [4.69, 9.17) is 15.0 Å². The third-order valence-corrected chi connectivity index (χ3v) is 11.9. The molecule has 22 nitrogen and oxygen atoms in total. The Morgan fingerprint density at radius 3 is 1.92 bits per heavy atom. The Bertz CT molecular complexity index is 2670. The highest BCUT2D eigenvalue weighted by atomic mass is 32.3. The van der Waals surface area contributed by atoms with E-state index in [-0.39, 0.29) is 44.4 Å². The van der Waals surface area contributed by atoms with Crippen LogP contribution in [0.3, 0.4) is 0 Å². The molecule has 0 bridgehead atoms. The van der Waals surface area contributed by atoms with Gasteiger partial charge >= 0.3 is 22.5 Å². The lowest BCUT2D eigenvalue weighted by Gasteiger charge is -2.33. The number of nitrogens with one attached hydrogen (secondary N) is 6. The summed E-state index contributed by atoms with van der Waals surface area (Å²) >= 11 is 0. The van der Waals surface area contributed by atoms with Gasteiger partial charge in [-0.25, -0.2) is 4.79 Å². The number of primary amides is 1. The Morgan fingerprint density at radius 1 is 0.730 bits per heavy atom. The molecular weight excluding hydrogens is 981 g/mol. The summed E-state index contributed by atoms with van der Waals surface area (Å²) in [7, 11) is -4.82. The Hall–Kier alpha value is -7.53. The minimum absolute atomic E-state index is 0.0859. The minimum Gasteiger partial charge on any atom is -0.481 e. The van der Waals surface area contributed by atoms with Crippen LogP contribution in [0, 0.1) is 0 Å². The Balaban J connectivity index is 1.58. The number of unbranched alkanes of at least 4 members (excludes halogenated alkanes) is 2. The molecule has 1 aromatic heterocycles. The SMILES string of the molecule is CCCC[C@H](NC(=O)[C@H](Cc1ccc(OS(=O)(=O)O)cc1)NC(=O)OC(C)(C)C)C(=O)NCC(=O)N[C@@H](Cc1c[nH]c2ccccc12)C(=O)N[C@@H](CCCC)C(=O)N(CCc1ccccc1)[C@@H](CC(=O)O)C(N)=O. The molecule has 74 heavy (non-hydrogen) atoms. The second-order valence-electron chi connectivity index (χ2n) is 18.6. The second kappa shape index (κ2) is 28.1. The van der Waals surface area contributed by atoms with Gasteiger partial charge in [0.05, 0.1) is 13.0 Å². The predicted octanol–water partition coefficient (Wildman–Crippen LogP) is 3.38. The lowest BCUT2D eigenvalue weighted by atomic mass is 10.0. The molecule has 0 unspecified atom stereocenters. The van der Waals surface area contributed by atoms with E-state index >= 15 is 0 Å². The van der Waals surface area contributed by atoms with Crippen molar-refractivity contribution in [2.75, 3.05) is 13.1 Å². The fraction of sp³-hybridized carbons (Fsp3) is 0.451. The second-order valence-corrected chi connectivity index (χ2v) is 19.7. The summed E-state index contributed by atoms with van der Waals surface area (Å²) in [6.07, 6.45) is 2.20. The number of benzene rings is 3. The van der Waals surface area contributed by atoms with Crippen LogP contribution >= 0.6 is 0 Å². The molecule has 10 N–H and O–H groups in total. The van der Waals surface area contributed by atoms with Crippen LogP contribution in [0.1, 0.15) is 96.3 Å². The van der Waals surface area contributed by atoms with Crippen LogP contribution < -0.4 is 36.5 Å². The highest BCUT2D eigenvalue weighted by molar-refractivity contribution is 7.81. The molecular formula is C51H68N8O14S. The molecule has 0 aliphatic heterocycles. The summed E-state index contributed by atoms with van der Waals surface area (Å²) in [5.41, 5.74) is 7.33. The van der Waals surface area contributed by atoms with Crippen molar-refractivity contribution in [3.05, 3.63) is 102 Å². The highest BCUT2D eigenvalue weighted by Crippen LogP contribution is 2.21. The summed E-state index contributed by atoms with van der Waals surface area (Å²) in [4.78, 5) is 113. The first-order valence-electron chi connectivity index (χ1n) is 24.3. The third-order valence-electron chi connectivity index (χ3n) is 11.5. The number of hydrogen-bond donors (Lipinski definition) is 9. The first kappa shape index (κ1) is 59.0. The average molecular weight is 1050 g/mol. The number of para-hydroxylation sites is 1. The van der Waals surface area contributed by atoms with Crippen LogP contribution in [0.2, 0.25) is 0 Å². The molecule has 4 aromatic rings. The largest absolute Gasteiger partial charge is 0.481 e. The van der Waals surface area contributed by atoms with E-state index in [1.54, 1.807) is 63.4 Å². The van der Waals surface area contributed by atoms with E-state index in [9.17, 15) is 51.9 Å². The van der Waals surface area contributed by atoms with Gasteiger partial charge in [-0.1, -0.05) is 100 Å². The Kier molecular flexibility index (Phi) is 22.4. The molecule has 0 spiro atoms. The van der Waals surface area contributed by atoms with Crippen molar-refractivity contribution in [3.8, 4) is 5.75 Å². The maximum Gasteiger partial charge on any atom is 0.446 e. The third kappa shape index (κ3) is 19.8. The standard InChI is InChI=1S/C51H68N8O14S/c1-6-8-18-38(56-47(65)40(58-50(68)72-51(3,4)5)27-33-21-23-35(24-22-33)73-74(69,70)71)46(64)54-31-43(60)55-41(28-34-30-53-37-20-14-13-17-36(34)37)48(66)57-39(19-9-7-2)49(67)59(42(45(52)63)29-44(61)62)26-25-32-15-11-10-12-16-32/h10-17,20-24,30,38-42,53H,6-9,18-19,25-29,31H2,1-5H3,(H2,52,63)(H,54,64)(H,55,60)(H,56,65)(H,57,66)(H,58,68)(H,61,62)(H,69,70,71)/t38-,39-,40-,41-,42-/m0/s1. The van der Waals surface area contributed by atoms with E-state index in [2.05, 4.69) is 35.8 Å². The molecule has 4 rings (SSSR count). The monoisotopic (exact) mass is 1050 g/mol. The fourth-order valence-corrected chi connectivity index (χ4v) is 8.25. The molecule has 0 saturated heterocycles. The molecule has 7 amide bonds. The van der Waals surface area contributed by atoms with E-state index in [1.165, 1.54) is 24.3 Å². The fourth-order valence-electron chi connectivity index (χ4n) is 7.89. The van der Waals surface area contributed by atoms with Crippen molar-refractivity contribution in [3.63, 3.8) is 0 Å². The number of nitrogens with two attached hydrogens (primary N) is 1. The van der Waals surface area contributed by atoms with Gasteiger partial charge in [0.15, 0.2) is 0 Å². The molecule has 402 valence electrons. The normalized spacial score (nSPS) is 13.5. The molecule has 23 heteroatoms. The van der Waals surface area contributed by atoms with Crippen molar-refractivity contribution in [2.45, 2.75) is 135 Å². The average Bonchev–Trinajstić information content (AvgIpc) is 3.74. The van der Waals surface area contributed by atoms with Crippen molar-refractivity contribution < 1.29 is 65.4 Å². The summed E-state index contributed by atoms with van der Waals surface area (Å²) in [5, 5.41) is 23.6. The molecule has 0 saturated carbocycles. The molecule has 0 aliphatic carbocycles. The van der Waals surface area contributed by atoms with E-state index in [0.717, 1.165) is 21.4 Å². The number of carboxylic acid groups (broad SMARTS) is 1. The number of alkyl carbamates (subject to hydrolysis) is 1. The summed E-state index contributed by atoms with van der Waals surface area (Å²) < 4.78 is 41.3. The van der Waals surface area contributed by atoms with E-state index in [1.807, 2.05) is 32.0 Å². The Labute approximate surface area is 430 Å². The number of aromatic nitrogens is 1. The number of aliphatic carboxylic acids is 1. The molecule has 0 fully saturated rings. The zero-order valence-corrected chi connectivity index (χ0v) is 43.0. The van der Waals surface area contributed by atoms with Gasteiger partial charge in [0.2, 0.25) is 35.4 Å². The van der Waals surface area contributed by atoms with Crippen LogP contribution in [0.15, 0.2) is 85.1 Å². The quantitative estimate of drug-likeness (QED) is 0.0352. The lowest BCUT2D eigenvalue weighted by molar-refractivity contribution is -0.147. The maximum atomic E-state index is 14.5. The van der Waals surface area contributed by atoms with Gasteiger partial charge in [-0.2, -0.15) is 8.42 Å². The van der Waals surface area contributed by atoms with Gasteiger partial charge in [0.1, 0.15) is 41.6 Å². The van der Waals surface area contributed by atoms with Gasteiger partial charge in [-0.15, -0.1) is 0 Å². The first-order valence-corrected chi connectivity index (χ1v) is 25.7. The van der Waals surface area contributed by atoms with Gasteiger partial charge in [0.25, 0.3) is 0 Å². The minimum atomic E-state index is -4.82. The number of aromatic amines is 1. The molecule has 0 aliphatic rings. The van der Waals surface area contributed by atoms with E-state index in [0.29, 0.717) is 36.8 Å². The molecule has 0 radical (unpaired) electrons. The number of fused-ring (bicyclic) bond motifs is 1. The van der Waals surface area contributed by atoms with Crippen LogP contribution in [-0.4, -0.2) is 124 Å². The number of hydrogen-bond acceptors (Lipinski definition) is 12. The van der Waals surface area contributed by atoms with Gasteiger partial charge in [-0.3, -0.25) is 38.1 Å². The molecule has 1 heterocycles. The number of carboxylic acids is 1. The summed E-state index contributed by atoms with van der Waals surface area (Å²) in [6, 6.07) is 14.7. The number of nitrogens with zero attached hydrogens (tertiary/aromatic N) is 1. The number of H-pyrrole nitrogens is 1. The zero-order valence-electron chi connectivity index (χ0n) is 42.2. The number of carbonyl (C=O) groups is 8. The van der Waals surface area contributed by atoms with Crippen LogP contribution in [-0.2, 0) is 68.0 Å². The lowest BCUT2D eigenvalue weighted by Crippen LogP contribution is -2.59.